The number of halogens is 2. The maximum atomic E-state index is 13.5. The number of benzene rings is 2. The van der Waals surface area contributed by atoms with Crippen LogP contribution < -0.4 is 11.3 Å². The molecule has 4 rings (SSSR count). The van der Waals surface area contributed by atoms with Gasteiger partial charge in [-0.05, 0) is 47.0 Å². The topological polar surface area (TPSA) is 100 Å². The van der Waals surface area contributed by atoms with E-state index in [1.54, 1.807) is 48.5 Å². The highest BCUT2D eigenvalue weighted by Gasteiger charge is 2.19. The third kappa shape index (κ3) is 4.39. The molecule has 7 nitrogen and oxygen atoms in total. The van der Waals surface area contributed by atoms with Gasteiger partial charge in [-0.1, -0.05) is 29.8 Å². The van der Waals surface area contributed by atoms with Crippen molar-refractivity contribution >= 4 is 28.6 Å². The number of aromatic nitrogens is 3. The predicted octanol–water partition coefficient (Wildman–Crippen LogP) is 3.94. The maximum absolute atomic E-state index is 13.5. The summed E-state index contributed by atoms with van der Waals surface area (Å²) in [4.78, 5) is 32.3. The van der Waals surface area contributed by atoms with Crippen LogP contribution in [0.15, 0.2) is 71.9 Å². The third-order valence-electron chi connectivity index (χ3n) is 4.80. The fraction of sp³-hybridized carbons (Fsp3) is 0.0909. The van der Waals surface area contributed by atoms with Crippen molar-refractivity contribution in [1.82, 2.24) is 14.5 Å². The van der Waals surface area contributed by atoms with E-state index >= 15 is 0 Å². The minimum absolute atomic E-state index is 0.169. The number of nitrogens with zero attached hydrogens (tertiary/aromatic N) is 3. The Hall–Kier alpha value is -3.78. The number of nitrogens with two attached hydrogens (primary N) is 1. The molecule has 2 aromatic carbocycles. The number of carbonyl (C=O) groups is 1. The SMILES string of the molecule is NC(=O)OCC(c1cccc(Cl)c1)n1cnc2cc(-c3ccnc(F)c3)ccc2c1=O. The number of rotatable bonds is 5. The Bertz CT molecular complexity index is 1340. The summed E-state index contributed by atoms with van der Waals surface area (Å²) in [6, 6.07) is 14.2. The van der Waals surface area contributed by atoms with Crippen LogP contribution in [0, 0.1) is 5.95 Å². The molecule has 0 aliphatic rings. The van der Waals surface area contributed by atoms with Gasteiger partial charge in [0.15, 0.2) is 0 Å². The molecule has 0 fully saturated rings. The van der Waals surface area contributed by atoms with Crippen molar-refractivity contribution in [1.29, 1.82) is 0 Å². The minimum atomic E-state index is -0.956. The van der Waals surface area contributed by atoms with E-state index in [2.05, 4.69) is 9.97 Å². The Morgan fingerprint density at radius 2 is 1.94 bits per heavy atom. The molecule has 9 heteroatoms. The van der Waals surface area contributed by atoms with Crippen LogP contribution >= 0.6 is 11.6 Å². The number of hydrogen-bond donors (Lipinski definition) is 1. The molecule has 156 valence electrons. The molecular weight excluding hydrogens is 423 g/mol. The van der Waals surface area contributed by atoms with E-state index < -0.39 is 18.1 Å². The van der Waals surface area contributed by atoms with Crippen molar-refractivity contribution < 1.29 is 13.9 Å². The van der Waals surface area contributed by atoms with Crippen molar-refractivity contribution in [2.75, 3.05) is 6.61 Å². The Morgan fingerprint density at radius 1 is 1.13 bits per heavy atom. The van der Waals surface area contributed by atoms with Crippen LogP contribution in [0.2, 0.25) is 5.02 Å². The van der Waals surface area contributed by atoms with Crippen LogP contribution in [0.5, 0.6) is 0 Å². The molecule has 1 atom stereocenters. The Balaban J connectivity index is 1.80. The molecule has 1 amide bonds. The van der Waals surface area contributed by atoms with Crippen LogP contribution in [0.3, 0.4) is 0 Å². The lowest BCUT2D eigenvalue weighted by Crippen LogP contribution is -2.30. The number of hydrogen-bond acceptors (Lipinski definition) is 5. The van der Waals surface area contributed by atoms with Crippen molar-refractivity contribution in [3.8, 4) is 11.1 Å². The second-order valence-corrected chi connectivity index (χ2v) is 7.19. The predicted molar refractivity (Wildman–Crippen MR) is 114 cm³/mol. The van der Waals surface area contributed by atoms with Gasteiger partial charge >= 0.3 is 6.09 Å². The van der Waals surface area contributed by atoms with Crippen molar-refractivity contribution in [3.63, 3.8) is 0 Å². The highest BCUT2D eigenvalue weighted by atomic mass is 35.5. The molecule has 0 aliphatic carbocycles. The van der Waals surface area contributed by atoms with E-state index in [1.807, 2.05) is 0 Å². The van der Waals surface area contributed by atoms with E-state index in [4.69, 9.17) is 22.1 Å². The van der Waals surface area contributed by atoms with Gasteiger partial charge in [0.1, 0.15) is 6.61 Å². The largest absolute Gasteiger partial charge is 0.447 e. The maximum Gasteiger partial charge on any atom is 0.404 e. The average molecular weight is 439 g/mol. The van der Waals surface area contributed by atoms with Crippen LogP contribution in [0.25, 0.3) is 22.0 Å². The van der Waals surface area contributed by atoms with Gasteiger partial charge in [-0.3, -0.25) is 9.36 Å². The van der Waals surface area contributed by atoms with Gasteiger partial charge in [0.25, 0.3) is 5.56 Å². The van der Waals surface area contributed by atoms with Gasteiger partial charge in [-0.2, -0.15) is 4.39 Å². The summed E-state index contributed by atoms with van der Waals surface area (Å²) < 4.78 is 19.8. The molecule has 2 N–H and O–H groups in total. The minimum Gasteiger partial charge on any atom is -0.447 e. The van der Waals surface area contributed by atoms with Crippen LogP contribution in [-0.2, 0) is 4.74 Å². The molecule has 1 unspecified atom stereocenters. The fourth-order valence-corrected chi connectivity index (χ4v) is 3.53. The summed E-state index contributed by atoms with van der Waals surface area (Å²) >= 11 is 6.09. The first kappa shape index (κ1) is 20.5. The van der Waals surface area contributed by atoms with E-state index in [9.17, 15) is 14.0 Å². The van der Waals surface area contributed by atoms with Crippen LogP contribution in [-0.4, -0.2) is 27.2 Å². The summed E-state index contributed by atoms with van der Waals surface area (Å²) in [7, 11) is 0. The average Bonchev–Trinajstić information content (AvgIpc) is 2.75. The van der Waals surface area contributed by atoms with E-state index in [1.165, 1.54) is 23.2 Å². The number of ether oxygens (including phenoxy) is 1. The quantitative estimate of drug-likeness (QED) is 0.476. The molecule has 4 aromatic rings. The van der Waals surface area contributed by atoms with Gasteiger partial charge in [-0.25, -0.2) is 14.8 Å². The highest BCUT2D eigenvalue weighted by molar-refractivity contribution is 6.30. The lowest BCUT2D eigenvalue weighted by Gasteiger charge is -2.20. The first-order valence-electron chi connectivity index (χ1n) is 9.23. The molecular formula is C22H16ClFN4O3. The molecule has 0 aliphatic heterocycles. The second-order valence-electron chi connectivity index (χ2n) is 6.76. The first-order chi connectivity index (χ1) is 14.9. The summed E-state index contributed by atoms with van der Waals surface area (Å²) in [6.07, 6.45) is 1.79. The molecule has 0 bridgehead atoms. The van der Waals surface area contributed by atoms with Gasteiger partial charge in [0.05, 0.1) is 23.3 Å². The Kier molecular flexibility index (Phi) is 5.64. The molecule has 0 saturated heterocycles. The number of carbonyl (C=O) groups excluding carboxylic acids is 1. The summed E-state index contributed by atoms with van der Waals surface area (Å²) in [5.41, 5.74) is 7.19. The highest BCUT2D eigenvalue weighted by Crippen LogP contribution is 2.24. The summed E-state index contributed by atoms with van der Waals surface area (Å²) in [6.45, 7) is -0.169. The van der Waals surface area contributed by atoms with E-state index in [-0.39, 0.29) is 12.2 Å². The Labute approximate surface area is 180 Å². The van der Waals surface area contributed by atoms with Gasteiger partial charge in [0.2, 0.25) is 5.95 Å². The molecule has 0 saturated carbocycles. The fourth-order valence-electron chi connectivity index (χ4n) is 3.33. The van der Waals surface area contributed by atoms with Gasteiger partial charge in [-0.15, -0.1) is 0 Å². The second kappa shape index (κ2) is 8.53. The summed E-state index contributed by atoms with van der Waals surface area (Å²) in [5, 5.41) is 0.824. The van der Waals surface area contributed by atoms with Gasteiger partial charge < -0.3 is 10.5 Å². The molecule has 2 heterocycles. The lowest BCUT2D eigenvalue weighted by atomic mass is 10.0. The number of amides is 1. The third-order valence-corrected chi connectivity index (χ3v) is 5.03. The zero-order valence-electron chi connectivity index (χ0n) is 16.0. The number of primary amides is 1. The molecule has 0 spiro atoms. The number of fused-ring (bicyclic) bond motifs is 1. The van der Waals surface area contributed by atoms with Crippen molar-refractivity contribution in [2.24, 2.45) is 5.73 Å². The zero-order chi connectivity index (χ0) is 22.0. The number of pyridine rings is 1. The van der Waals surface area contributed by atoms with Crippen LogP contribution in [0.1, 0.15) is 11.6 Å². The van der Waals surface area contributed by atoms with E-state index in [0.29, 0.717) is 32.6 Å². The van der Waals surface area contributed by atoms with Crippen molar-refractivity contribution in [3.05, 3.63) is 94.0 Å². The lowest BCUT2D eigenvalue weighted by molar-refractivity contribution is 0.144. The summed E-state index contributed by atoms with van der Waals surface area (Å²) in [5.74, 6) is -0.597. The zero-order valence-corrected chi connectivity index (χ0v) is 16.8. The molecule has 0 radical (unpaired) electrons. The normalized spacial score (nSPS) is 11.9. The standard InChI is InChI=1S/C22H16ClFN4O3/c23-16-3-1-2-15(8-16)19(11-31-22(25)30)28-12-27-18-9-13(4-5-17(18)21(28)29)14-6-7-26-20(24)10-14/h1-10,12,19H,11H2,(H2,25,30). The Morgan fingerprint density at radius 3 is 2.68 bits per heavy atom. The monoisotopic (exact) mass is 438 g/mol. The molecule has 2 aromatic heterocycles. The van der Waals surface area contributed by atoms with Gasteiger partial charge in [0, 0.05) is 17.3 Å². The molecule has 31 heavy (non-hydrogen) atoms. The first-order valence-corrected chi connectivity index (χ1v) is 9.60. The van der Waals surface area contributed by atoms with Crippen molar-refractivity contribution in [2.45, 2.75) is 6.04 Å². The van der Waals surface area contributed by atoms with E-state index in [0.717, 1.165) is 0 Å². The smallest absolute Gasteiger partial charge is 0.404 e. The van der Waals surface area contributed by atoms with Crippen LogP contribution in [0.4, 0.5) is 9.18 Å².